The topological polar surface area (TPSA) is 29.3 Å². The minimum atomic E-state index is 0.113. The Morgan fingerprint density at radius 1 is 1.28 bits per heavy atom. The van der Waals surface area contributed by atoms with Crippen LogP contribution < -0.4 is 5.73 Å². The van der Waals surface area contributed by atoms with Crippen molar-refractivity contribution in [3.05, 3.63) is 34.9 Å². The van der Waals surface area contributed by atoms with Gasteiger partial charge < -0.3 is 5.73 Å². The van der Waals surface area contributed by atoms with Crippen LogP contribution in [0.15, 0.2) is 24.3 Å². The number of rotatable bonds is 1. The molecule has 0 radical (unpaired) electrons. The summed E-state index contributed by atoms with van der Waals surface area (Å²) < 4.78 is 0. The average molecular weight is 267 g/mol. The van der Waals surface area contributed by atoms with Gasteiger partial charge in [-0.15, -0.1) is 0 Å². The van der Waals surface area contributed by atoms with Crippen molar-refractivity contribution >= 4 is 11.6 Å². The van der Waals surface area contributed by atoms with Gasteiger partial charge in [0.2, 0.25) is 0 Å². The van der Waals surface area contributed by atoms with E-state index in [4.69, 9.17) is 17.3 Å². The lowest BCUT2D eigenvalue weighted by Crippen LogP contribution is -2.53. The molecule has 3 heteroatoms. The van der Waals surface area contributed by atoms with Gasteiger partial charge in [0.1, 0.15) is 0 Å². The fraction of sp³-hybridized carbons (Fsp3) is 0.600. The van der Waals surface area contributed by atoms with Crippen LogP contribution in [0.4, 0.5) is 0 Å². The fourth-order valence-electron chi connectivity index (χ4n) is 2.89. The summed E-state index contributed by atoms with van der Waals surface area (Å²) >= 11 is 6.36. The quantitative estimate of drug-likeness (QED) is 0.842. The third-order valence-electron chi connectivity index (χ3n) is 3.76. The van der Waals surface area contributed by atoms with Gasteiger partial charge in [-0.25, -0.2) is 0 Å². The number of piperidine rings is 1. The molecule has 0 spiro atoms. The first-order valence-electron chi connectivity index (χ1n) is 6.68. The fourth-order valence-corrected chi connectivity index (χ4v) is 3.14. The summed E-state index contributed by atoms with van der Waals surface area (Å²) in [6.07, 6.45) is 2.24. The molecule has 1 aromatic rings. The lowest BCUT2D eigenvalue weighted by molar-refractivity contribution is 0.0385. The van der Waals surface area contributed by atoms with E-state index in [0.29, 0.717) is 0 Å². The number of halogens is 1. The van der Waals surface area contributed by atoms with Crippen LogP contribution in [-0.2, 0) is 0 Å². The van der Waals surface area contributed by atoms with Crippen LogP contribution in [0.1, 0.15) is 45.2 Å². The van der Waals surface area contributed by atoms with Crippen molar-refractivity contribution in [2.75, 3.05) is 6.54 Å². The lowest BCUT2D eigenvalue weighted by Gasteiger charge is -2.47. The normalized spacial score (nSPS) is 26.3. The highest BCUT2D eigenvalue weighted by molar-refractivity contribution is 6.31. The highest BCUT2D eigenvalue weighted by Gasteiger charge is 2.37. The second kappa shape index (κ2) is 5.20. The zero-order valence-electron chi connectivity index (χ0n) is 11.5. The Morgan fingerprint density at radius 2 is 1.94 bits per heavy atom. The molecule has 2 atom stereocenters. The molecule has 1 aromatic carbocycles. The summed E-state index contributed by atoms with van der Waals surface area (Å²) in [5.41, 5.74) is 7.65. The first-order chi connectivity index (χ1) is 8.41. The maximum atomic E-state index is 6.37. The summed E-state index contributed by atoms with van der Waals surface area (Å²) in [5, 5.41) is 0.828. The molecule has 0 amide bonds. The van der Waals surface area contributed by atoms with Gasteiger partial charge in [-0.1, -0.05) is 29.8 Å². The standard InChI is InChI=1S/C15H23ClN2/c1-15(2,3)18-10-6-9-13(17)14(18)11-7-4-5-8-12(11)16/h4-5,7-8,13-14H,6,9-10,17H2,1-3H3. The van der Waals surface area contributed by atoms with Crippen LogP contribution >= 0.6 is 11.6 Å². The molecule has 1 saturated heterocycles. The van der Waals surface area contributed by atoms with Crippen molar-refractivity contribution in [2.45, 2.75) is 51.2 Å². The van der Waals surface area contributed by atoms with Gasteiger partial charge in [0.25, 0.3) is 0 Å². The molecule has 2 N–H and O–H groups in total. The molecular weight excluding hydrogens is 244 g/mol. The molecule has 1 fully saturated rings. The summed E-state index contributed by atoms with van der Waals surface area (Å²) in [5.74, 6) is 0. The minimum Gasteiger partial charge on any atom is -0.326 e. The number of likely N-dealkylation sites (tertiary alicyclic amines) is 1. The van der Waals surface area contributed by atoms with Crippen LogP contribution in [0.3, 0.4) is 0 Å². The number of nitrogens with zero attached hydrogens (tertiary/aromatic N) is 1. The second-order valence-corrected chi connectivity index (χ2v) is 6.54. The second-order valence-electron chi connectivity index (χ2n) is 6.14. The molecule has 2 nitrogen and oxygen atoms in total. The van der Waals surface area contributed by atoms with Crippen molar-refractivity contribution in [1.82, 2.24) is 4.90 Å². The Kier molecular flexibility index (Phi) is 4.00. The van der Waals surface area contributed by atoms with Crippen LogP contribution in [0.25, 0.3) is 0 Å². The predicted octanol–water partition coefficient (Wildman–Crippen LogP) is 3.60. The Balaban J connectivity index is 2.40. The number of nitrogens with two attached hydrogens (primary N) is 1. The zero-order valence-corrected chi connectivity index (χ0v) is 12.2. The first-order valence-corrected chi connectivity index (χ1v) is 7.06. The van der Waals surface area contributed by atoms with Gasteiger partial charge in [0.05, 0.1) is 6.04 Å². The summed E-state index contributed by atoms with van der Waals surface area (Å²) in [6.45, 7) is 7.83. The SMILES string of the molecule is CC(C)(C)N1CCCC(N)C1c1ccccc1Cl. The van der Waals surface area contributed by atoms with E-state index in [0.717, 1.165) is 18.0 Å². The average Bonchev–Trinajstić information content (AvgIpc) is 2.29. The Bertz CT molecular complexity index is 411. The minimum absolute atomic E-state index is 0.113. The van der Waals surface area contributed by atoms with E-state index in [-0.39, 0.29) is 17.6 Å². The maximum absolute atomic E-state index is 6.37. The van der Waals surface area contributed by atoms with Gasteiger partial charge in [0, 0.05) is 16.6 Å². The van der Waals surface area contributed by atoms with Crippen LogP contribution in [0, 0.1) is 0 Å². The van der Waals surface area contributed by atoms with Gasteiger partial charge in [-0.3, -0.25) is 4.90 Å². The monoisotopic (exact) mass is 266 g/mol. The van der Waals surface area contributed by atoms with E-state index in [2.05, 4.69) is 31.7 Å². The Labute approximate surface area is 115 Å². The molecule has 2 unspecified atom stereocenters. The molecule has 18 heavy (non-hydrogen) atoms. The van der Waals surface area contributed by atoms with Crippen molar-refractivity contribution in [1.29, 1.82) is 0 Å². The number of benzene rings is 1. The Morgan fingerprint density at radius 3 is 2.56 bits per heavy atom. The van der Waals surface area contributed by atoms with Crippen LogP contribution in [0.2, 0.25) is 5.02 Å². The summed E-state index contributed by atoms with van der Waals surface area (Å²) in [4.78, 5) is 2.49. The van der Waals surface area contributed by atoms with Crippen LogP contribution in [0.5, 0.6) is 0 Å². The predicted molar refractivity (Wildman–Crippen MR) is 77.9 cm³/mol. The smallest absolute Gasteiger partial charge is 0.0519 e. The highest BCUT2D eigenvalue weighted by atomic mass is 35.5. The van der Waals surface area contributed by atoms with Crippen molar-refractivity contribution in [3.63, 3.8) is 0 Å². The number of hydrogen-bond acceptors (Lipinski definition) is 2. The van der Waals surface area contributed by atoms with E-state index >= 15 is 0 Å². The molecule has 1 heterocycles. The largest absolute Gasteiger partial charge is 0.326 e. The molecule has 0 bridgehead atoms. The molecule has 1 aliphatic rings. The molecular formula is C15H23ClN2. The summed E-state index contributed by atoms with van der Waals surface area (Å²) in [6, 6.07) is 8.48. The Hall–Kier alpha value is -0.570. The third kappa shape index (κ3) is 2.71. The highest BCUT2D eigenvalue weighted by Crippen LogP contribution is 2.38. The summed E-state index contributed by atoms with van der Waals surface area (Å²) in [7, 11) is 0. The van der Waals surface area contributed by atoms with E-state index < -0.39 is 0 Å². The van der Waals surface area contributed by atoms with Crippen molar-refractivity contribution in [3.8, 4) is 0 Å². The number of hydrogen-bond donors (Lipinski definition) is 1. The van der Waals surface area contributed by atoms with Crippen molar-refractivity contribution in [2.24, 2.45) is 5.73 Å². The third-order valence-corrected chi connectivity index (χ3v) is 4.11. The lowest BCUT2D eigenvalue weighted by atomic mass is 9.87. The van der Waals surface area contributed by atoms with E-state index in [1.165, 1.54) is 12.0 Å². The van der Waals surface area contributed by atoms with E-state index in [1.54, 1.807) is 0 Å². The van der Waals surface area contributed by atoms with E-state index in [1.807, 2.05) is 18.2 Å². The molecule has 1 aliphatic heterocycles. The molecule has 0 aliphatic carbocycles. The zero-order chi connectivity index (χ0) is 13.3. The maximum Gasteiger partial charge on any atom is 0.0519 e. The van der Waals surface area contributed by atoms with Crippen LogP contribution in [-0.4, -0.2) is 23.0 Å². The van der Waals surface area contributed by atoms with E-state index in [9.17, 15) is 0 Å². The van der Waals surface area contributed by atoms with Gasteiger partial charge >= 0.3 is 0 Å². The molecule has 2 rings (SSSR count). The van der Waals surface area contributed by atoms with Crippen molar-refractivity contribution < 1.29 is 0 Å². The molecule has 100 valence electrons. The molecule has 0 aromatic heterocycles. The first kappa shape index (κ1) is 13.9. The van der Waals surface area contributed by atoms with Gasteiger partial charge in [0.15, 0.2) is 0 Å². The van der Waals surface area contributed by atoms with Gasteiger partial charge in [-0.2, -0.15) is 0 Å². The van der Waals surface area contributed by atoms with Gasteiger partial charge in [-0.05, 0) is 51.8 Å². The molecule has 0 saturated carbocycles.